The Balaban J connectivity index is 1.75. The number of hydrogen-bond acceptors (Lipinski definition) is 4. The van der Waals surface area contributed by atoms with E-state index in [1.54, 1.807) is 11.3 Å². The molecule has 0 aliphatic rings. The van der Waals surface area contributed by atoms with Crippen molar-refractivity contribution in [3.05, 3.63) is 77.2 Å². The van der Waals surface area contributed by atoms with Crippen LogP contribution in [0.2, 0.25) is 0 Å². The summed E-state index contributed by atoms with van der Waals surface area (Å²) in [5.41, 5.74) is 2.09. The molecule has 0 saturated heterocycles. The molecule has 2 nitrogen and oxygen atoms in total. The van der Waals surface area contributed by atoms with E-state index in [0.29, 0.717) is 4.91 Å². The van der Waals surface area contributed by atoms with Gasteiger partial charge in [0, 0.05) is 0 Å². The largest absolute Gasteiger partial charge is 0.229 e. The van der Waals surface area contributed by atoms with Crippen LogP contribution in [0.1, 0.15) is 5.56 Å². The molecule has 0 aliphatic carbocycles. The van der Waals surface area contributed by atoms with Crippen LogP contribution in [0.3, 0.4) is 0 Å². The van der Waals surface area contributed by atoms with Crippen molar-refractivity contribution < 1.29 is 0 Å². The van der Waals surface area contributed by atoms with Crippen molar-refractivity contribution in [3.63, 3.8) is 0 Å². The van der Waals surface area contributed by atoms with Gasteiger partial charge in [0.15, 0.2) is 4.34 Å². The van der Waals surface area contributed by atoms with Crippen LogP contribution < -0.4 is 0 Å². The smallest absolute Gasteiger partial charge is 0.156 e. The summed E-state index contributed by atoms with van der Waals surface area (Å²) in [6, 6.07) is 20.2. The van der Waals surface area contributed by atoms with E-state index >= 15 is 0 Å². The van der Waals surface area contributed by atoms with Gasteiger partial charge in [-0.1, -0.05) is 54.6 Å². The zero-order valence-electron chi connectivity index (χ0n) is 11.6. The third-order valence-electron chi connectivity index (χ3n) is 2.92. The molecule has 0 radical (unpaired) electrons. The van der Waals surface area contributed by atoms with Gasteiger partial charge in [-0.15, -0.1) is 11.3 Å². The van der Waals surface area contributed by atoms with E-state index in [1.807, 2.05) is 72.8 Å². The van der Waals surface area contributed by atoms with E-state index in [2.05, 4.69) is 11.1 Å². The van der Waals surface area contributed by atoms with Crippen molar-refractivity contribution in [2.24, 2.45) is 0 Å². The van der Waals surface area contributed by atoms with Crippen LogP contribution in [0.25, 0.3) is 16.3 Å². The molecule has 3 aromatic rings. The molecule has 0 atom stereocenters. The Morgan fingerprint density at radius 3 is 2.64 bits per heavy atom. The second-order valence-electron chi connectivity index (χ2n) is 4.46. The molecule has 2 aromatic carbocycles. The number of nitrogens with zero attached hydrogens (tertiary/aromatic N) is 2. The Morgan fingerprint density at radius 2 is 1.86 bits per heavy atom. The third-order valence-corrected chi connectivity index (χ3v) is 4.96. The van der Waals surface area contributed by atoms with Crippen LogP contribution in [0, 0.1) is 11.3 Å². The summed E-state index contributed by atoms with van der Waals surface area (Å²) in [6.45, 7) is 0. The topological polar surface area (TPSA) is 36.7 Å². The van der Waals surface area contributed by atoms with Crippen LogP contribution >= 0.6 is 23.1 Å². The lowest BCUT2D eigenvalue weighted by Gasteiger charge is -1.92. The summed E-state index contributed by atoms with van der Waals surface area (Å²) in [5, 5.41) is 9.26. The fourth-order valence-corrected chi connectivity index (χ4v) is 3.82. The van der Waals surface area contributed by atoms with Crippen molar-refractivity contribution in [1.82, 2.24) is 4.98 Å². The van der Waals surface area contributed by atoms with Gasteiger partial charge >= 0.3 is 0 Å². The lowest BCUT2D eigenvalue weighted by atomic mass is 10.2. The number of fused-ring (bicyclic) bond motifs is 1. The fourth-order valence-electron chi connectivity index (χ4n) is 1.89. The summed E-state index contributed by atoms with van der Waals surface area (Å²) in [4.78, 5) is 5.16. The van der Waals surface area contributed by atoms with E-state index in [1.165, 1.54) is 11.8 Å². The number of benzene rings is 2. The highest BCUT2D eigenvalue weighted by atomic mass is 32.2. The molecular weight excluding hydrogens is 308 g/mol. The van der Waals surface area contributed by atoms with Gasteiger partial charge in [0.2, 0.25) is 0 Å². The maximum Gasteiger partial charge on any atom is 0.156 e. The molecule has 106 valence electrons. The molecule has 0 amide bonds. The molecule has 0 N–H and O–H groups in total. The molecule has 1 heterocycles. The first-order valence-corrected chi connectivity index (χ1v) is 8.35. The highest BCUT2D eigenvalue weighted by molar-refractivity contribution is 8.05. The summed E-state index contributed by atoms with van der Waals surface area (Å²) < 4.78 is 2.03. The van der Waals surface area contributed by atoms with Crippen LogP contribution in [0.5, 0.6) is 0 Å². The van der Waals surface area contributed by atoms with Crippen molar-refractivity contribution in [2.75, 3.05) is 0 Å². The summed E-state index contributed by atoms with van der Waals surface area (Å²) >= 11 is 3.01. The minimum Gasteiger partial charge on any atom is -0.229 e. The number of hydrogen-bond donors (Lipinski definition) is 0. The summed E-state index contributed by atoms with van der Waals surface area (Å²) in [6.07, 6.45) is 5.70. The van der Waals surface area contributed by atoms with E-state index < -0.39 is 0 Å². The minimum atomic E-state index is 0.631. The molecule has 0 fully saturated rings. The quantitative estimate of drug-likeness (QED) is 0.361. The average molecular weight is 320 g/mol. The first-order valence-electron chi connectivity index (χ1n) is 6.72. The highest BCUT2D eigenvalue weighted by Gasteiger charge is 2.06. The zero-order chi connectivity index (χ0) is 15.2. The number of thioether (sulfide) groups is 1. The van der Waals surface area contributed by atoms with Gasteiger partial charge in [0.25, 0.3) is 0 Å². The molecule has 3 rings (SSSR count). The SMILES string of the molecule is N#CC(=CC=Cc1ccccc1)Sc1nc2ccccc2s1. The number of nitriles is 1. The van der Waals surface area contributed by atoms with Crippen LogP contribution in [-0.2, 0) is 0 Å². The number of aromatic nitrogens is 1. The van der Waals surface area contributed by atoms with E-state index in [0.717, 1.165) is 20.1 Å². The molecule has 0 aliphatic heterocycles. The number of allylic oxidation sites excluding steroid dienone is 3. The third kappa shape index (κ3) is 3.64. The summed E-state index contributed by atoms with van der Waals surface area (Å²) in [5.74, 6) is 0. The Bertz CT molecular complexity index is 838. The Hall–Kier alpha value is -2.35. The Kier molecular flexibility index (Phi) is 4.69. The van der Waals surface area contributed by atoms with E-state index in [9.17, 15) is 5.26 Å². The maximum absolute atomic E-state index is 9.26. The predicted octanol–water partition coefficient (Wildman–Crippen LogP) is 5.51. The Morgan fingerprint density at radius 1 is 1.09 bits per heavy atom. The van der Waals surface area contributed by atoms with Gasteiger partial charge in [0.1, 0.15) is 6.07 Å². The maximum atomic E-state index is 9.26. The average Bonchev–Trinajstić information content (AvgIpc) is 2.97. The van der Waals surface area contributed by atoms with Crippen LogP contribution in [0.4, 0.5) is 0 Å². The van der Waals surface area contributed by atoms with Crippen LogP contribution in [0.15, 0.2) is 76.0 Å². The predicted molar refractivity (Wildman–Crippen MR) is 94.6 cm³/mol. The second kappa shape index (κ2) is 7.08. The van der Waals surface area contributed by atoms with Gasteiger partial charge in [0.05, 0.1) is 15.1 Å². The standard InChI is InChI=1S/C18H12N2S2/c19-13-15(10-6-9-14-7-2-1-3-8-14)21-18-20-16-11-4-5-12-17(16)22-18/h1-12H. The first-order chi connectivity index (χ1) is 10.8. The fraction of sp³-hybridized carbons (Fsp3) is 0. The van der Waals surface area contributed by atoms with E-state index in [-0.39, 0.29) is 0 Å². The highest BCUT2D eigenvalue weighted by Crippen LogP contribution is 2.33. The number of thiazole rings is 1. The molecule has 4 heteroatoms. The molecule has 0 saturated carbocycles. The zero-order valence-corrected chi connectivity index (χ0v) is 13.3. The van der Waals surface area contributed by atoms with Crippen molar-refractivity contribution >= 4 is 39.4 Å². The number of rotatable bonds is 4. The Labute approximate surface area is 137 Å². The van der Waals surface area contributed by atoms with Gasteiger partial charge < -0.3 is 0 Å². The van der Waals surface area contributed by atoms with Crippen LogP contribution in [-0.4, -0.2) is 4.98 Å². The van der Waals surface area contributed by atoms with Crippen molar-refractivity contribution in [1.29, 1.82) is 5.26 Å². The van der Waals surface area contributed by atoms with Gasteiger partial charge in [-0.25, -0.2) is 4.98 Å². The van der Waals surface area contributed by atoms with Gasteiger partial charge in [-0.05, 0) is 35.5 Å². The lowest BCUT2D eigenvalue weighted by Crippen LogP contribution is -1.72. The lowest BCUT2D eigenvalue weighted by molar-refractivity contribution is 1.31. The van der Waals surface area contributed by atoms with E-state index in [4.69, 9.17) is 0 Å². The monoisotopic (exact) mass is 320 g/mol. The normalized spacial score (nSPS) is 11.9. The molecule has 0 spiro atoms. The van der Waals surface area contributed by atoms with Gasteiger partial charge in [-0.2, -0.15) is 5.26 Å². The molecule has 1 aromatic heterocycles. The van der Waals surface area contributed by atoms with Crippen molar-refractivity contribution in [3.8, 4) is 6.07 Å². The second-order valence-corrected chi connectivity index (χ2v) is 6.78. The molecule has 0 unspecified atom stereocenters. The molecule has 0 bridgehead atoms. The first kappa shape index (κ1) is 14.6. The molecular formula is C18H12N2S2. The van der Waals surface area contributed by atoms with Crippen molar-refractivity contribution in [2.45, 2.75) is 4.34 Å². The minimum absolute atomic E-state index is 0.631. The molecule has 22 heavy (non-hydrogen) atoms. The van der Waals surface area contributed by atoms with Gasteiger partial charge in [-0.3, -0.25) is 0 Å². The summed E-state index contributed by atoms with van der Waals surface area (Å²) in [7, 11) is 0. The number of para-hydroxylation sites is 1.